The van der Waals surface area contributed by atoms with Crippen LogP contribution >= 0.6 is 0 Å². The predicted molar refractivity (Wildman–Crippen MR) is 33.2 cm³/mol. The quantitative estimate of drug-likeness (QED) is 0.516. The molecule has 0 saturated carbocycles. The van der Waals surface area contributed by atoms with E-state index in [1.807, 2.05) is 0 Å². The van der Waals surface area contributed by atoms with Crippen molar-refractivity contribution in [3.63, 3.8) is 0 Å². The van der Waals surface area contributed by atoms with E-state index in [9.17, 15) is 0 Å². The second-order valence-corrected chi connectivity index (χ2v) is 1.30. The van der Waals surface area contributed by atoms with Crippen molar-refractivity contribution in [3.8, 4) is 0 Å². The minimum atomic E-state index is -0.00347. The van der Waals surface area contributed by atoms with E-state index in [1.54, 1.807) is 0 Å². The molecule has 52 valence electrons. The zero-order valence-corrected chi connectivity index (χ0v) is 5.55. The zero-order valence-electron chi connectivity index (χ0n) is 5.55. The van der Waals surface area contributed by atoms with Crippen LogP contribution in [0.15, 0.2) is 0 Å². The van der Waals surface area contributed by atoms with Crippen LogP contribution in [0.4, 0.5) is 0 Å². The Morgan fingerprint density at radius 2 is 1.88 bits per heavy atom. The molecule has 0 rings (SSSR count). The summed E-state index contributed by atoms with van der Waals surface area (Å²) in [6, 6.07) is 0. The third-order valence-electron chi connectivity index (χ3n) is 0.209. The Morgan fingerprint density at radius 1 is 1.50 bits per heavy atom. The molecule has 0 aliphatic heterocycles. The predicted octanol–water partition coefficient (Wildman–Crippen LogP) is 0.285. The Kier molecular flexibility index (Phi) is 21.3. The largest absolute Gasteiger partial charge is 0.394 e. The zero-order chi connectivity index (χ0) is 6.83. The fraction of sp³-hybridized carbons (Fsp3) is 1.00. The molecule has 3 nitrogen and oxygen atoms in total. The van der Waals surface area contributed by atoms with Gasteiger partial charge in [0.1, 0.15) is 0 Å². The van der Waals surface area contributed by atoms with Crippen molar-refractivity contribution in [1.82, 2.24) is 0 Å². The maximum Gasteiger partial charge on any atom is 0.0910 e. The van der Waals surface area contributed by atoms with E-state index in [0.29, 0.717) is 0 Å². The highest BCUT2D eigenvalue weighted by atomic mass is 16.6. The molecule has 0 aromatic heterocycles. The summed E-state index contributed by atoms with van der Waals surface area (Å²) in [6.07, 6.45) is 1.25. The van der Waals surface area contributed by atoms with Gasteiger partial charge in [-0.2, -0.15) is 0 Å². The van der Waals surface area contributed by atoms with E-state index in [-0.39, 0.29) is 13.2 Å². The highest BCUT2D eigenvalue weighted by Gasteiger charge is 1.68. The highest BCUT2D eigenvalue weighted by Crippen LogP contribution is 1.56. The first-order chi connectivity index (χ1) is 3.83. The normalized spacial score (nSPS) is 7.50. The molecule has 3 heteroatoms. The van der Waals surface area contributed by atoms with Crippen molar-refractivity contribution >= 4 is 0 Å². The minimum Gasteiger partial charge on any atom is -0.394 e. The number of aliphatic hydroxyl groups excluding tert-OH is 1. The van der Waals surface area contributed by atoms with Crippen molar-refractivity contribution in [2.75, 3.05) is 13.2 Å². The molecule has 0 spiro atoms. The van der Waals surface area contributed by atoms with Crippen molar-refractivity contribution in [3.05, 3.63) is 0 Å². The molecule has 0 bridgehead atoms. The summed E-state index contributed by atoms with van der Waals surface area (Å²) in [6.45, 7) is 4.47. The van der Waals surface area contributed by atoms with Crippen LogP contribution in [0.1, 0.15) is 20.3 Å². The van der Waals surface area contributed by atoms with Crippen LogP contribution < -0.4 is 5.90 Å². The van der Waals surface area contributed by atoms with Gasteiger partial charge >= 0.3 is 0 Å². The van der Waals surface area contributed by atoms with Gasteiger partial charge in [0.15, 0.2) is 0 Å². The SMILES string of the molecule is CCC.NOCCO. The highest BCUT2D eigenvalue weighted by molar-refractivity contribution is 4.11. The minimum absolute atomic E-state index is 0.00347. The number of hydrogen-bond donors (Lipinski definition) is 2. The third-order valence-corrected chi connectivity index (χ3v) is 0.209. The summed E-state index contributed by atoms with van der Waals surface area (Å²) in [5.74, 6) is 4.48. The summed E-state index contributed by atoms with van der Waals surface area (Å²) in [5, 5.41) is 7.86. The average Bonchev–Trinajstić information content (AvgIpc) is 1.71. The Hall–Kier alpha value is -0.120. The monoisotopic (exact) mass is 121 g/mol. The molecule has 3 N–H and O–H groups in total. The van der Waals surface area contributed by atoms with E-state index in [1.165, 1.54) is 6.42 Å². The maximum atomic E-state index is 7.86. The first-order valence-corrected chi connectivity index (χ1v) is 2.75. The maximum absolute atomic E-state index is 7.86. The van der Waals surface area contributed by atoms with Gasteiger partial charge in [-0.05, 0) is 0 Å². The van der Waals surface area contributed by atoms with Crippen molar-refractivity contribution in [1.29, 1.82) is 0 Å². The van der Waals surface area contributed by atoms with Gasteiger partial charge < -0.3 is 9.94 Å². The van der Waals surface area contributed by atoms with Gasteiger partial charge in [-0.15, -0.1) is 0 Å². The first-order valence-electron chi connectivity index (χ1n) is 2.75. The molecule has 0 radical (unpaired) electrons. The van der Waals surface area contributed by atoms with Crippen LogP contribution in [0.25, 0.3) is 0 Å². The van der Waals surface area contributed by atoms with E-state index in [2.05, 4.69) is 24.6 Å². The van der Waals surface area contributed by atoms with Gasteiger partial charge in [0.05, 0.1) is 13.2 Å². The summed E-state index contributed by atoms with van der Waals surface area (Å²) < 4.78 is 0. The molecule has 0 aliphatic rings. The van der Waals surface area contributed by atoms with Crippen LogP contribution in [0, 0.1) is 0 Å². The van der Waals surface area contributed by atoms with Gasteiger partial charge in [0.2, 0.25) is 0 Å². The fourth-order valence-corrected chi connectivity index (χ4v) is 0.0527. The molecule has 0 aromatic carbocycles. The lowest BCUT2D eigenvalue weighted by Gasteiger charge is -1.83. The summed E-state index contributed by atoms with van der Waals surface area (Å²) in [7, 11) is 0. The molecular weight excluding hydrogens is 106 g/mol. The van der Waals surface area contributed by atoms with Crippen LogP contribution in [-0.4, -0.2) is 18.3 Å². The van der Waals surface area contributed by atoms with Crippen LogP contribution in [-0.2, 0) is 4.84 Å². The molecule has 0 aliphatic carbocycles. The van der Waals surface area contributed by atoms with Crippen LogP contribution in [0.2, 0.25) is 0 Å². The average molecular weight is 121 g/mol. The summed E-state index contributed by atoms with van der Waals surface area (Å²) in [5.41, 5.74) is 0. The summed E-state index contributed by atoms with van der Waals surface area (Å²) >= 11 is 0. The van der Waals surface area contributed by atoms with Gasteiger partial charge in [0, 0.05) is 0 Å². The van der Waals surface area contributed by atoms with Gasteiger partial charge in [-0.3, -0.25) is 0 Å². The lowest BCUT2D eigenvalue weighted by atomic mass is 10.6. The molecule has 0 aromatic rings. The standard InChI is InChI=1S/C3H8.C2H7NO2/c1-3-2;3-5-2-1-4/h3H2,1-2H3;4H,1-3H2. The number of aliphatic hydroxyl groups is 1. The second-order valence-electron chi connectivity index (χ2n) is 1.30. The molecule has 8 heavy (non-hydrogen) atoms. The van der Waals surface area contributed by atoms with E-state index < -0.39 is 0 Å². The lowest BCUT2D eigenvalue weighted by Crippen LogP contribution is -2.03. The Bertz CT molecular complexity index is 24.4. The second kappa shape index (κ2) is 15.8. The lowest BCUT2D eigenvalue weighted by molar-refractivity contribution is 0.0938. The molecule has 0 fully saturated rings. The molecule has 0 amide bonds. The topological polar surface area (TPSA) is 55.5 Å². The third kappa shape index (κ3) is 39.6. The number of hydrogen-bond acceptors (Lipinski definition) is 3. The molecular formula is C5H15NO2. The van der Waals surface area contributed by atoms with Crippen LogP contribution in [0.3, 0.4) is 0 Å². The fourth-order valence-electron chi connectivity index (χ4n) is 0.0527. The smallest absolute Gasteiger partial charge is 0.0910 e. The van der Waals surface area contributed by atoms with Crippen molar-refractivity contribution in [2.45, 2.75) is 20.3 Å². The molecule has 0 saturated heterocycles. The van der Waals surface area contributed by atoms with Gasteiger partial charge in [-0.1, -0.05) is 20.3 Å². The van der Waals surface area contributed by atoms with Gasteiger partial charge in [0.25, 0.3) is 0 Å². The van der Waals surface area contributed by atoms with Gasteiger partial charge in [-0.25, -0.2) is 5.90 Å². The van der Waals surface area contributed by atoms with Crippen molar-refractivity contribution < 1.29 is 9.94 Å². The first kappa shape index (κ1) is 10.8. The van der Waals surface area contributed by atoms with E-state index >= 15 is 0 Å². The van der Waals surface area contributed by atoms with Crippen LogP contribution in [0.5, 0.6) is 0 Å². The van der Waals surface area contributed by atoms with Crippen molar-refractivity contribution in [2.24, 2.45) is 5.90 Å². The number of nitrogens with two attached hydrogens (primary N) is 1. The van der Waals surface area contributed by atoms with E-state index in [4.69, 9.17) is 5.11 Å². The van der Waals surface area contributed by atoms with E-state index in [0.717, 1.165) is 0 Å². The number of rotatable bonds is 2. The Balaban J connectivity index is 0. The summed E-state index contributed by atoms with van der Waals surface area (Å²) in [4.78, 5) is 3.94. The molecule has 0 heterocycles. The Morgan fingerprint density at radius 3 is 1.88 bits per heavy atom. The molecule has 0 atom stereocenters. The molecule has 0 unspecified atom stereocenters. The Labute approximate surface area is 50.4 Å².